The molecule has 0 bridgehead atoms. The topological polar surface area (TPSA) is 16.4 Å². The number of hydrogen-bond donors (Lipinski definition) is 0. The van der Waals surface area contributed by atoms with Gasteiger partial charge >= 0.3 is 0 Å². The average Bonchev–Trinajstić information content (AvgIpc) is 3.01. The Bertz CT molecular complexity index is 589. The molecule has 1 atom stereocenters. The van der Waals surface area contributed by atoms with Gasteiger partial charge < -0.3 is 9.32 Å². The van der Waals surface area contributed by atoms with E-state index in [9.17, 15) is 0 Å². The number of halogens is 1. The summed E-state index contributed by atoms with van der Waals surface area (Å²) in [4.78, 5) is 1.97. The second-order valence-corrected chi connectivity index (χ2v) is 5.49. The van der Waals surface area contributed by atoms with Crippen LogP contribution < -0.4 is 4.90 Å². The number of furan rings is 1. The quantitative estimate of drug-likeness (QED) is 0.740. The van der Waals surface area contributed by atoms with Crippen LogP contribution in [-0.4, -0.2) is 12.3 Å². The van der Waals surface area contributed by atoms with Crippen molar-refractivity contribution in [3.05, 3.63) is 30.5 Å². The van der Waals surface area contributed by atoms with Crippen molar-refractivity contribution >= 4 is 16.7 Å². The van der Waals surface area contributed by atoms with E-state index in [1.807, 2.05) is 29.2 Å². The molecule has 0 spiro atoms. The molecule has 94 valence electrons. The lowest BCUT2D eigenvalue weighted by Gasteiger charge is -2.33. The first-order chi connectivity index (χ1) is 8.77. The molecule has 0 amide bonds. The van der Waals surface area contributed by atoms with Crippen LogP contribution in [-0.2, 0) is 0 Å². The van der Waals surface area contributed by atoms with Gasteiger partial charge in [-0.15, -0.1) is 0 Å². The van der Waals surface area contributed by atoms with Gasteiger partial charge in [-0.05, 0) is 43.5 Å². The Morgan fingerprint density at radius 1 is 1.28 bits per heavy atom. The molecule has 2 aliphatic rings. The molecule has 1 aromatic heterocycles. The predicted octanol–water partition coefficient (Wildman–Crippen LogP) is 4.11. The molecule has 18 heavy (non-hydrogen) atoms. The highest BCUT2D eigenvalue weighted by atomic mass is 19.1. The van der Waals surface area contributed by atoms with Gasteiger partial charge in [0.05, 0.1) is 6.26 Å². The van der Waals surface area contributed by atoms with Crippen LogP contribution in [0.4, 0.5) is 10.1 Å². The van der Waals surface area contributed by atoms with Crippen LogP contribution >= 0.6 is 0 Å². The monoisotopic (exact) mass is 245 g/mol. The fourth-order valence-electron chi connectivity index (χ4n) is 3.22. The summed E-state index contributed by atoms with van der Waals surface area (Å²) in [5, 5.41) is 1.05. The van der Waals surface area contributed by atoms with E-state index >= 15 is 4.39 Å². The molecular formula is C15H16FNO. The molecule has 4 rings (SSSR count). The summed E-state index contributed by atoms with van der Waals surface area (Å²) in [6, 6.07) is 7.90. The van der Waals surface area contributed by atoms with Gasteiger partial charge in [-0.1, -0.05) is 0 Å². The Morgan fingerprint density at radius 2 is 2.17 bits per heavy atom. The highest BCUT2D eigenvalue weighted by Gasteiger charge is 2.52. The minimum absolute atomic E-state index is 0.250. The fourth-order valence-corrected chi connectivity index (χ4v) is 3.22. The molecule has 0 radical (unpaired) electrons. The molecule has 1 unspecified atom stereocenters. The number of alkyl halides is 1. The third-order valence-corrected chi connectivity index (χ3v) is 4.31. The minimum Gasteiger partial charge on any atom is -0.464 e. The first kappa shape index (κ1) is 10.4. The number of benzene rings is 1. The van der Waals surface area contributed by atoms with Gasteiger partial charge in [-0.2, -0.15) is 0 Å². The minimum atomic E-state index is -1.10. The van der Waals surface area contributed by atoms with Crippen molar-refractivity contribution in [1.29, 1.82) is 0 Å². The van der Waals surface area contributed by atoms with Gasteiger partial charge in [-0.3, -0.25) is 0 Å². The fraction of sp³-hybridized carbons (Fsp3) is 0.467. The Hall–Kier alpha value is -1.51. The summed E-state index contributed by atoms with van der Waals surface area (Å²) in [7, 11) is 0. The molecule has 0 N–H and O–H groups in total. The van der Waals surface area contributed by atoms with E-state index in [-0.39, 0.29) is 5.92 Å². The van der Waals surface area contributed by atoms with E-state index in [1.54, 1.807) is 6.26 Å². The molecule has 2 aromatic rings. The Morgan fingerprint density at radius 3 is 3.00 bits per heavy atom. The summed E-state index contributed by atoms with van der Waals surface area (Å²) >= 11 is 0. The van der Waals surface area contributed by atoms with Crippen molar-refractivity contribution < 1.29 is 8.81 Å². The van der Waals surface area contributed by atoms with Crippen molar-refractivity contribution in [3.8, 4) is 0 Å². The molecule has 2 heterocycles. The van der Waals surface area contributed by atoms with Crippen molar-refractivity contribution in [3.63, 3.8) is 0 Å². The van der Waals surface area contributed by atoms with E-state index in [4.69, 9.17) is 4.42 Å². The zero-order valence-electron chi connectivity index (χ0n) is 10.2. The maximum absolute atomic E-state index is 15.1. The molecule has 3 heteroatoms. The van der Waals surface area contributed by atoms with Crippen molar-refractivity contribution in [2.24, 2.45) is 5.92 Å². The summed E-state index contributed by atoms with van der Waals surface area (Å²) < 4.78 is 20.4. The largest absolute Gasteiger partial charge is 0.464 e. The third kappa shape index (κ3) is 1.39. The first-order valence-electron chi connectivity index (χ1n) is 6.71. The number of nitrogens with zero attached hydrogens (tertiary/aromatic N) is 1. The number of anilines is 1. The Balaban J connectivity index is 1.76. The van der Waals surface area contributed by atoms with Crippen LogP contribution in [0.3, 0.4) is 0 Å². The van der Waals surface area contributed by atoms with Crippen LogP contribution in [0.5, 0.6) is 0 Å². The van der Waals surface area contributed by atoms with Gasteiger partial charge in [-0.25, -0.2) is 4.39 Å². The maximum atomic E-state index is 15.1. The molecule has 1 aromatic carbocycles. The van der Waals surface area contributed by atoms with Crippen LogP contribution in [0, 0.1) is 5.92 Å². The second-order valence-electron chi connectivity index (χ2n) is 5.49. The van der Waals surface area contributed by atoms with Crippen LogP contribution in [0.15, 0.2) is 34.9 Å². The van der Waals surface area contributed by atoms with E-state index in [0.29, 0.717) is 6.42 Å². The van der Waals surface area contributed by atoms with Crippen LogP contribution in [0.1, 0.15) is 25.7 Å². The SMILES string of the molecule is FC1(C2CC2)CCCN1c1ccc2occc2c1. The highest BCUT2D eigenvalue weighted by Crippen LogP contribution is 2.51. The van der Waals surface area contributed by atoms with Crippen LogP contribution in [0.2, 0.25) is 0 Å². The smallest absolute Gasteiger partial charge is 0.185 e. The lowest BCUT2D eigenvalue weighted by atomic mass is 10.1. The number of fused-ring (bicyclic) bond motifs is 1. The lowest BCUT2D eigenvalue weighted by molar-refractivity contribution is 0.145. The summed E-state index contributed by atoms with van der Waals surface area (Å²) in [6.45, 7) is 0.830. The molecule has 1 aliphatic heterocycles. The highest BCUT2D eigenvalue weighted by molar-refractivity contribution is 5.81. The summed E-state index contributed by atoms with van der Waals surface area (Å²) in [5.41, 5.74) is 1.87. The maximum Gasteiger partial charge on any atom is 0.185 e. The van der Waals surface area contributed by atoms with Gasteiger partial charge in [0.25, 0.3) is 0 Å². The standard InChI is InChI=1S/C15H16FNO/c16-15(12-2-3-12)7-1-8-17(15)13-4-5-14-11(10-13)6-9-18-14/h4-6,9-10,12H,1-3,7-8H2. The zero-order valence-corrected chi connectivity index (χ0v) is 10.2. The normalized spacial score (nSPS) is 28.2. The van der Waals surface area contributed by atoms with Crippen molar-refractivity contribution in [1.82, 2.24) is 0 Å². The molecule has 1 saturated carbocycles. The molecule has 2 fully saturated rings. The first-order valence-corrected chi connectivity index (χ1v) is 6.71. The van der Waals surface area contributed by atoms with Gasteiger partial charge in [0.2, 0.25) is 0 Å². The average molecular weight is 245 g/mol. The lowest BCUT2D eigenvalue weighted by Crippen LogP contribution is -2.41. The third-order valence-electron chi connectivity index (χ3n) is 4.31. The molecule has 1 aliphatic carbocycles. The zero-order chi connectivity index (χ0) is 12.2. The second kappa shape index (κ2) is 3.50. The Labute approximate surface area is 105 Å². The molecule has 1 saturated heterocycles. The van der Waals surface area contributed by atoms with E-state index in [0.717, 1.165) is 42.5 Å². The van der Waals surface area contributed by atoms with Gasteiger partial charge in [0.1, 0.15) is 5.58 Å². The van der Waals surface area contributed by atoms with Crippen molar-refractivity contribution in [2.45, 2.75) is 31.5 Å². The Kier molecular flexibility index (Phi) is 2.02. The number of hydrogen-bond acceptors (Lipinski definition) is 2. The summed E-state index contributed by atoms with van der Waals surface area (Å²) in [5.74, 6) is -0.850. The predicted molar refractivity (Wildman–Crippen MR) is 69.4 cm³/mol. The van der Waals surface area contributed by atoms with E-state index in [1.165, 1.54) is 0 Å². The number of rotatable bonds is 2. The van der Waals surface area contributed by atoms with Crippen molar-refractivity contribution in [2.75, 3.05) is 11.4 Å². The van der Waals surface area contributed by atoms with E-state index in [2.05, 4.69) is 0 Å². The summed E-state index contributed by atoms with van der Waals surface area (Å²) in [6.07, 6.45) is 5.40. The molecule has 2 nitrogen and oxygen atoms in total. The molecular weight excluding hydrogens is 229 g/mol. The van der Waals surface area contributed by atoms with Crippen LogP contribution in [0.25, 0.3) is 11.0 Å². The van der Waals surface area contributed by atoms with Gasteiger partial charge in [0.15, 0.2) is 5.79 Å². The van der Waals surface area contributed by atoms with Gasteiger partial charge in [0, 0.05) is 30.0 Å². The van der Waals surface area contributed by atoms with E-state index < -0.39 is 5.79 Å².